The summed E-state index contributed by atoms with van der Waals surface area (Å²) in [7, 11) is 2.91. The van der Waals surface area contributed by atoms with Crippen LogP contribution in [0.25, 0.3) is 0 Å². The van der Waals surface area contributed by atoms with E-state index in [1.807, 2.05) is 24.3 Å². The Kier molecular flexibility index (Phi) is 5.98. The highest BCUT2D eigenvalue weighted by Crippen LogP contribution is 2.30. The molecule has 2 aliphatic rings. The molecule has 0 fully saturated rings. The summed E-state index contributed by atoms with van der Waals surface area (Å²) in [5.74, 6) is 4.83. The van der Waals surface area contributed by atoms with E-state index in [9.17, 15) is 19.8 Å². The van der Waals surface area contributed by atoms with E-state index in [-0.39, 0.29) is 0 Å². The second-order valence-electron chi connectivity index (χ2n) is 7.09. The van der Waals surface area contributed by atoms with Crippen molar-refractivity contribution in [2.75, 3.05) is 25.5 Å². The van der Waals surface area contributed by atoms with Crippen molar-refractivity contribution in [2.24, 2.45) is 0 Å². The van der Waals surface area contributed by atoms with Gasteiger partial charge in [0.2, 0.25) is 0 Å². The molecular formula is C22H24N2O4. The van der Waals surface area contributed by atoms with E-state index < -0.39 is 24.0 Å². The van der Waals surface area contributed by atoms with Gasteiger partial charge in [-0.2, -0.15) is 0 Å². The fourth-order valence-corrected chi connectivity index (χ4v) is 3.23. The molecule has 0 radical (unpaired) electrons. The monoisotopic (exact) mass is 380 g/mol. The highest BCUT2D eigenvalue weighted by Gasteiger charge is 2.36. The number of hydrogen-bond acceptors (Lipinski definition) is 4. The van der Waals surface area contributed by atoms with Crippen LogP contribution in [0.1, 0.15) is 24.0 Å². The van der Waals surface area contributed by atoms with Crippen LogP contribution in [0.2, 0.25) is 0 Å². The van der Waals surface area contributed by atoms with Crippen molar-refractivity contribution in [3.8, 4) is 11.8 Å². The Morgan fingerprint density at radius 2 is 1.93 bits per heavy atom. The van der Waals surface area contributed by atoms with Crippen LogP contribution in [0.4, 0.5) is 5.69 Å². The van der Waals surface area contributed by atoms with E-state index >= 15 is 0 Å². The third-order valence-electron chi connectivity index (χ3n) is 4.84. The van der Waals surface area contributed by atoms with Crippen LogP contribution in [0.15, 0.2) is 42.0 Å². The predicted molar refractivity (Wildman–Crippen MR) is 107 cm³/mol. The topological polar surface area (TPSA) is 81.1 Å². The summed E-state index contributed by atoms with van der Waals surface area (Å²) >= 11 is 0. The van der Waals surface area contributed by atoms with Crippen LogP contribution in [0, 0.1) is 11.8 Å². The molecule has 1 heterocycles. The summed E-state index contributed by atoms with van der Waals surface area (Å²) in [5, 5.41) is 20.2. The maximum Gasteiger partial charge on any atom is 0.259 e. The standard InChI is InChI=1S/C22H24N2O4/c1-23(2)21(27)19(25)20(26)22(28)24-13-12-17-11-10-16(14-18(17)24)9-8-15-6-4-3-5-7-15/h4,6-7,10-11,14,19-20,25-26H,3,5,12-13H2,1-2H3/t19-,20-/m1/s1. The Labute approximate surface area is 164 Å². The second kappa shape index (κ2) is 8.42. The van der Waals surface area contributed by atoms with Crippen molar-refractivity contribution in [1.29, 1.82) is 0 Å². The molecule has 2 amide bonds. The van der Waals surface area contributed by atoms with Gasteiger partial charge in [-0.05, 0) is 37.0 Å². The van der Waals surface area contributed by atoms with Crippen molar-refractivity contribution in [2.45, 2.75) is 31.5 Å². The minimum absolute atomic E-state index is 0.388. The summed E-state index contributed by atoms with van der Waals surface area (Å²) in [6.45, 7) is 0.388. The molecule has 0 unspecified atom stereocenters. The van der Waals surface area contributed by atoms with E-state index in [1.54, 1.807) is 0 Å². The number of amides is 2. The molecule has 3 rings (SSSR count). The predicted octanol–water partition coefficient (Wildman–Crippen LogP) is 1.01. The number of allylic oxidation sites excluding steroid dienone is 4. The van der Waals surface area contributed by atoms with Gasteiger partial charge in [0, 0.05) is 37.5 Å². The molecular weight excluding hydrogens is 356 g/mol. The number of carbonyl (C=O) groups excluding carboxylic acids is 2. The smallest absolute Gasteiger partial charge is 0.259 e. The van der Waals surface area contributed by atoms with E-state index in [1.165, 1.54) is 19.0 Å². The van der Waals surface area contributed by atoms with Gasteiger partial charge >= 0.3 is 0 Å². The van der Waals surface area contributed by atoms with Crippen LogP contribution in [0.5, 0.6) is 0 Å². The molecule has 6 heteroatoms. The molecule has 2 atom stereocenters. The Morgan fingerprint density at radius 1 is 1.14 bits per heavy atom. The van der Waals surface area contributed by atoms with Crippen LogP contribution in [-0.2, 0) is 16.0 Å². The second-order valence-corrected chi connectivity index (χ2v) is 7.09. The van der Waals surface area contributed by atoms with E-state index in [0.29, 0.717) is 18.7 Å². The van der Waals surface area contributed by atoms with Crippen LogP contribution < -0.4 is 4.90 Å². The lowest BCUT2D eigenvalue weighted by Gasteiger charge is -2.25. The molecule has 146 valence electrons. The van der Waals surface area contributed by atoms with Crippen molar-refractivity contribution >= 4 is 17.5 Å². The highest BCUT2D eigenvalue weighted by molar-refractivity contribution is 6.01. The largest absolute Gasteiger partial charge is 0.380 e. The SMILES string of the molecule is CN(C)C(=O)[C@H](O)[C@@H](O)C(=O)N1CCc2ccc(C#CC3=CCCC=C3)cc21. The summed E-state index contributed by atoms with van der Waals surface area (Å²) in [6, 6.07) is 5.65. The van der Waals surface area contributed by atoms with Gasteiger partial charge in [0.05, 0.1) is 0 Å². The first-order valence-corrected chi connectivity index (χ1v) is 9.29. The quantitative estimate of drug-likeness (QED) is 0.767. The number of carbonyl (C=O) groups is 2. The molecule has 2 N–H and O–H groups in total. The number of aliphatic hydroxyl groups excluding tert-OH is 2. The lowest BCUT2D eigenvalue weighted by molar-refractivity contribution is -0.150. The number of nitrogens with zero attached hydrogens (tertiary/aromatic N) is 2. The third-order valence-corrected chi connectivity index (χ3v) is 4.84. The molecule has 1 aliphatic carbocycles. The number of hydrogen-bond donors (Lipinski definition) is 2. The lowest BCUT2D eigenvalue weighted by atomic mass is 10.1. The van der Waals surface area contributed by atoms with Crippen LogP contribution in [0.3, 0.4) is 0 Å². The van der Waals surface area contributed by atoms with E-state index in [0.717, 1.165) is 34.4 Å². The highest BCUT2D eigenvalue weighted by atomic mass is 16.3. The molecule has 0 saturated heterocycles. The third kappa shape index (κ3) is 4.16. The van der Waals surface area contributed by atoms with Gasteiger partial charge in [-0.15, -0.1) is 0 Å². The fourth-order valence-electron chi connectivity index (χ4n) is 3.23. The minimum Gasteiger partial charge on any atom is -0.380 e. The van der Waals surface area contributed by atoms with Crippen molar-refractivity contribution in [3.05, 3.63) is 53.1 Å². The van der Waals surface area contributed by atoms with Gasteiger partial charge < -0.3 is 20.0 Å². The number of aliphatic hydroxyl groups is 2. The molecule has 1 aliphatic heterocycles. The van der Waals surface area contributed by atoms with E-state index in [4.69, 9.17) is 0 Å². The normalized spacial score (nSPS) is 17.1. The minimum atomic E-state index is -1.81. The molecule has 0 spiro atoms. The Bertz CT molecular complexity index is 905. The Hall–Kier alpha value is -2.88. The fraction of sp³-hybridized carbons (Fsp3) is 0.364. The number of benzene rings is 1. The zero-order valence-electron chi connectivity index (χ0n) is 16.1. The lowest BCUT2D eigenvalue weighted by Crippen LogP contribution is -2.50. The zero-order chi connectivity index (χ0) is 20.3. The molecule has 28 heavy (non-hydrogen) atoms. The van der Waals surface area contributed by atoms with Gasteiger partial charge in [-0.25, -0.2) is 0 Å². The van der Waals surface area contributed by atoms with Gasteiger partial charge in [0.25, 0.3) is 11.8 Å². The molecule has 0 saturated carbocycles. The van der Waals surface area contributed by atoms with Gasteiger partial charge in [-0.1, -0.05) is 36.1 Å². The summed E-state index contributed by atoms with van der Waals surface area (Å²) in [6.07, 6.45) is 5.24. The summed E-state index contributed by atoms with van der Waals surface area (Å²) < 4.78 is 0. The number of fused-ring (bicyclic) bond motifs is 1. The maximum absolute atomic E-state index is 12.7. The molecule has 0 aromatic heterocycles. The molecule has 6 nitrogen and oxygen atoms in total. The van der Waals surface area contributed by atoms with Gasteiger partial charge in [-0.3, -0.25) is 9.59 Å². The first-order chi connectivity index (χ1) is 13.4. The van der Waals surface area contributed by atoms with Crippen LogP contribution >= 0.6 is 0 Å². The molecule has 0 bridgehead atoms. The average molecular weight is 380 g/mol. The van der Waals surface area contributed by atoms with Crippen molar-refractivity contribution in [3.63, 3.8) is 0 Å². The first-order valence-electron chi connectivity index (χ1n) is 9.29. The summed E-state index contributed by atoms with van der Waals surface area (Å²) in [4.78, 5) is 27.1. The van der Waals surface area contributed by atoms with Gasteiger partial charge in [0.1, 0.15) is 0 Å². The summed E-state index contributed by atoms with van der Waals surface area (Å²) in [5.41, 5.74) is 3.36. The number of likely N-dealkylation sites (N-methyl/N-ethyl adjacent to an activating group) is 1. The zero-order valence-corrected chi connectivity index (χ0v) is 16.1. The Balaban J connectivity index is 1.80. The Morgan fingerprint density at radius 3 is 2.61 bits per heavy atom. The number of rotatable bonds is 3. The van der Waals surface area contributed by atoms with Crippen molar-refractivity contribution in [1.82, 2.24) is 4.90 Å². The first kappa shape index (κ1) is 19.9. The van der Waals surface area contributed by atoms with E-state index in [2.05, 4.69) is 24.0 Å². The van der Waals surface area contributed by atoms with Crippen LogP contribution in [-0.4, -0.2) is 59.8 Å². The molecule has 1 aromatic rings. The van der Waals surface area contributed by atoms with Crippen molar-refractivity contribution < 1.29 is 19.8 Å². The maximum atomic E-state index is 12.7. The molecule has 1 aromatic carbocycles. The number of anilines is 1. The van der Waals surface area contributed by atoms with Gasteiger partial charge in [0.15, 0.2) is 12.2 Å². The average Bonchev–Trinajstić information content (AvgIpc) is 3.13.